The van der Waals surface area contributed by atoms with Crippen LogP contribution in [0.2, 0.25) is 0 Å². The number of H-pyrrole nitrogens is 2. The van der Waals surface area contributed by atoms with E-state index in [4.69, 9.17) is 0 Å². The van der Waals surface area contributed by atoms with Crippen LogP contribution >= 0.6 is 0 Å². The molecule has 5 aromatic rings. The van der Waals surface area contributed by atoms with Crippen LogP contribution in [-0.4, -0.2) is 37.0 Å². The highest BCUT2D eigenvalue weighted by Gasteiger charge is 2.12. The Balaban J connectivity index is 1.39. The average molecular weight is 478 g/mol. The first-order valence-electron chi connectivity index (χ1n) is 11.3. The maximum Gasteiger partial charge on any atom is 0.280 e. The van der Waals surface area contributed by atoms with Gasteiger partial charge in [0.2, 0.25) is 0 Å². The Bertz CT molecular complexity index is 1560. The van der Waals surface area contributed by atoms with Crippen molar-refractivity contribution in [2.45, 2.75) is 13.8 Å². The van der Waals surface area contributed by atoms with E-state index < -0.39 is 0 Å². The molecular weight excluding hydrogens is 454 g/mol. The van der Waals surface area contributed by atoms with E-state index >= 15 is 0 Å². The third-order valence-corrected chi connectivity index (χ3v) is 5.63. The summed E-state index contributed by atoms with van der Waals surface area (Å²) < 4.78 is 2.96. The van der Waals surface area contributed by atoms with Gasteiger partial charge in [-0.15, -0.1) is 0 Å². The molecule has 0 unspecified atom stereocenters. The second kappa shape index (κ2) is 9.67. The lowest BCUT2D eigenvalue weighted by Crippen LogP contribution is -2.17. The van der Waals surface area contributed by atoms with Gasteiger partial charge in [0.15, 0.2) is 11.6 Å². The standard InChI is InChI=1S/C27H23N7O2/c1-18-22(26(35)33(31-18)20-10-5-3-6-11-20)16-28-24-14-9-15-25(30-24)29-17-23-19(2)32-34(27(23)36)21-12-7-4-8-13-21/h3-17,31-32H,1-2H3. The van der Waals surface area contributed by atoms with Crippen molar-refractivity contribution in [3.8, 4) is 11.4 Å². The third kappa shape index (κ3) is 4.49. The summed E-state index contributed by atoms with van der Waals surface area (Å²) in [7, 11) is 0. The summed E-state index contributed by atoms with van der Waals surface area (Å²) in [4.78, 5) is 38.9. The predicted octanol–water partition coefficient (Wildman–Crippen LogP) is 4.16. The monoisotopic (exact) mass is 477 g/mol. The second-order valence-corrected chi connectivity index (χ2v) is 8.12. The molecule has 0 aliphatic rings. The van der Waals surface area contributed by atoms with E-state index in [9.17, 15) is 9.59 Å². The lowest BCUT2D eigenvalue weighted by Gasteiger charge is -1.99. The first-order chi connectivity index (χ1) is 17.5. The number of aliphatic imine (C=N–C) groups is 2. The summed E-state index contributed by atoms with van der Waals surface area (Å²) in [6, 6.07) is 23.9. The Labute approximate surface area is 206 Å². The average Bonchev–Trinajstić information content (AvgIpc) is 3.36. The van der Waals surface area contributed by atoms with Gasteiger partial charge in [-0.25, -0.2) is 24.3 Å². The summed E-state index contributed by atoms with van der Waals surface area (Å²) in [6.45, 7) is 3.63. The van der Waals surface area contributed by atoms with Crippen LogP contribution in [0.3, 0.4) is 0 Å². The maximum absolute atomic E-state index is 12.9. The van der Waals surface area contributed by atoms with Crippen molar-refractivity contribution < 1.29 is 0 Å². The number of aryl methyl sites for hydroxylation is 2. The molecule has 0 amide bonds. The summed E-state index contributed by atoms with van der Waals surface area (Å²) >= 11 is 0. The molecule has 0 saturated carbocycles. The van der Waals surface area contributed by atoms with E-state index in [1.807, 2.05) is 74.5 Å². The van der Waals surface area contributed by atoms with Crippen molar-refractivity contribution in [1.82, 2.24) is 24.5 Å². The fourth-order valence-corrected chi connectivity index (χ4v) is 3.76. The van der Waals surface area contributed by atoms with Crippen LogP contribution in [0.5, 0.6) is 0 Å². The van der Waals surface area contributed by atoms with Crippen LogP contribution in [0.25, 0.3) is 11.4 Å². The van der Waals surface area contributed by atoms with Crippen LogP contribution in [0, 0.1) is 13.8 Å². The van der Waals surface area contributed by atoms with Crippen LogP contribution < -0.4 is 11.1 Å². The summed E-state index contributed by atoms with van der Waals surface area (Å²) in [5, 5.41) is 6.15. The first kappa shape index (κ1) is 22.7. The molecule has 0 fully saturated rings. The van der Waals surface area contributed by atoms with Crippen molar-refractivity contribution in [2.24, 2.45) is 9.98 Å². The summed E-state index contributed by atoms with van der Waals surface area (Å²) in [6.07, 6.45) is 3.00. The number of para-hydroxylation sites is 2. The molecule has 0 spiro atoms. The largest absolute Gasteiger partial charge is 0.295 e. The van der Waals surface area contributed by atoms with Gasteiger partial charge in [-0.1, -0.05) is 42.5 Å². The van der Waals surface area contributed by atoms with E-state index in [1.165, 1.54) is 21.8 Å². The minimum atomic E-state index is -0.200. The molecule has 3 heterocycles. The number of pyridine rings is 1. The Morgan fingerprint density at radius 1 is 0.639 bits per heavy atom. The normalized spacial score (nSPS) is 11.6. The lowest BCUT2D eigenvalue weighted by atomic mass is 10.3. The molecule has 5 rings (SSSR count). The van der Waals surface area contributed by atoms with Gasteiger partial charge < -0.3 is 0 Å². The highest BCUT2D eigenvalue weighted by atomic mass is 16.1. The number of hydrogen-bond donors (Lipinski definition) is 2. The molecule has 0 aliphatic carbocycles. The Morgan fingerprint density at radius 3 is 1.47 bits per heavy atom. The number of benzene rings is 2. The molecule has 0 radical (unpaired) electrons. The topological polar surface area (TPSA) is 113 Å². The van der Waals surface area contributed by atoms with Crippen molar-refractivity contribution >= 4 is 24.1 Å². The highest BCUT2D eigenvalue weighted by molar-refractivity contribution is 5.83. The number of aromatic nitrogens is 5. The lowest BCUT2D eigenvalue weighted by molar-refractivity contribution is 0.835. The molecule has 0 atom stereocenters. The quantitative estimate of drug-likeness (QED) is 0.358. The van der Waals surface area contributed by atoms with Gasteiger partial charge in [-0.3, -0.25) is 19.8 Å². The summed E-state index contributed by atoms with van der Waals surface area (Å²) in [5.74, 6) is 0.784. The maximum atomic E-state index is 12.9. The van der Waals surface area contributed by atoms with Gasteiger partial charge in [0.1, 0.15) is 0 Å². The molecule has 36 heavy (non-hydrogen) atoms. The minimum Gasteiger partial charge on any atom is -0.295 e. The van der Waals surface area contributed by atoms with Crippen molar-refractivity contribution in [3.63, 3.8) is 0 Å². The van der Waals surface area contributed by atoms with E-state index in [0.717, 1.165) is 11.4 Å². The fraction of sp³-hybridized carbons (Fsp3) is 0.0741. The zero-order valence-corrected chi connectivity index (χ0v) is 19.7. The number of rotatable bonds is 6. The number of nitrogens with zero attached hydrogens (tertiary/aromatic N) is 5. The number of nitrogens with one attached hydrogen (secondary N) is 2. The van der Waals surface area contributed by atoms with E-state index in [1.54, 1.807) is 18.2 Å². The Hall–Kier alpha value is -5.05. The molecule has 178 valence electrons. The predicted molar refractivity (Wildman–Crippen MR) is 141 cm³/mol. The van der Waals surface area contributed by atoms with Gasteiger partial charge in [0, 0.05) is 23.8 Å². The zero-order valence-electron chi connectivity index (χ0n) is 19.7. The van der Waals surface area contributed by atoms with Gasteiger partial charge in [0.05, 0.1) is 22.5 Å². The molecule has 3 aromatic heterocycles. The van der Waals surface area contributed by atoms with Crippen LogP contribution in [0.15, 0.2) is 98.4 Å². The highest BCUT2D eigenvalue weighted by Crippen LogP contribution is 2.16. The third-order valence-electron chi connectivity index (χ3n) is 5.63. The second-order valence-electron chi connectivity index (χ2n) is 8.12. The minimum absolute atomic E-state index is 0.200. The van der Waals surface area contributed by atoms with E-state index in [-0.39, 0.29) is 11.1 Å². The molecule has 0 bridgehead atoms. The Kier molecular flexibility index (Phi) is 6.10. The SMILES string of the molecule is Cc1[nH]n(-c2ccccc2)c(=O)c1C=Nc1cccc(N=Cc2c(C)[nH]n(-c3ccccc3)c2=O)n1. The van der Waals surface area contributed by atoms with Gasteiger partial charge in [-0.05, 0) is 50.2 Å². The van der Waals surface area contributed by atoms with Crippen molar-refractivity contribution in [3.05, 3.63) is 122 Å². The molecular formula is C27H23N7O2. The van der Waals surface area contributed by atoms with Crippen LogP contribution in [0.1, 0.15) is 22.5 Å². The molecule has 9 heteroatoms. The summed E-state index contributed by atoms with van der Waals surface area (Å²) in [5.41, 5.74) is 3.36. The van der Waals surface area contributed by atoms with Crippen LogP contribution in [-0.2, 0) is 0 Å². The van der Waals surface area contributed by atoms with E-state index in [2.05, 4.69) is 25.2 Å². The zero-order chi connectivity index (χ0) is 25.1. The van der Waals surface area contributed by atoms with Gasteiger partial charge in [-0.2, -0.15) is 0 Å². The number of aromatic amines is 2. The van der Waals surface area contributed by atoms with Crippen molar-refractivity contribution in [1.29, 1.82) is 0 Å². The Morgan fingerprint density at radius 2 is 1.06 bits per heavy atom. The fourth-order valence-electron chi connectivity index (χ4n) is 3.76. The van der Waals surface area contributed by atoms with Crippen molar-refractivity contribution in [2.75, 3.05) is 0 Å². The van der Waals surface area contributed by atoms with Gasteiger partial charge >= 0.3 is 0 Å². The molecule has 0 saturated heterocycles. The van der Waals surface area contributed by atoms with E-state index in [0.29, 0.717) is 34.2 Å². The molecule has 9 nitrogen and oxygen atoms in total. The molecule has 0 aliphatic heterocycles. The molecule has 2 aromatic carbocycles. The number of hydrogen-bond acceptors (Lipinski definition) is 5. The molecule has 2 N–H and O–H groups in total. The van der Waals surface area contributed by atoms with Gasteiger partial charge in [0.25, 0.3) is 11.1 Å². The van der Waals surface area contributed by atoms with Crippen LogP contribution in [0.4, 0.5) is 11.6 Å². The first-order valence-corrected chi connectivity index (χ1v) is 11.3. The smallest absolute Gasteiger partial charge is 0.280 e.